The quantitative estimate of drug-likeness (QED) is 0.468. The van der Waals surface area contributed by atoms with Gasteiger partial charge in [0.2, 0.25) is 0 Å². The average Bonchev–Trinajstić information content (AvgIpc) is 2.39. The van der Waals surface area contributed by atoms with Gasteiger partial charge in [-0.05, 0) is 32.3 Å². The Bertz CT molecular complexity index is 479. The van der Waals surface area contributed by atoms with E-state index in [4.69, 9.17) is 0 Å². The van der Waals surface area contributed by atoms with E-state index >= 15 is 0 Å². The molecule has 96 valence electrons. The Labute approximate surface area is 106 Å². The van der Waals surface area contributed by atoms with Crippen molar-refractivity contribution in [2.75, 3.05) is 18.0 Å². The van der Waals surface area contributed by atoms with E-state index in [1.807, 2.05) is 0 Å². The number of benzene rings is 1. The highest BCUT2D eigenvalue weighted by molar-refractivity contribution is 6.00. The van der Waals surface area contributed by atoms with Crippen LogP contribution in [-0.2, 0) is 0 Å². The zero-order valence-electron chi connectivity index (χ0n) is 10.4. The predicted molar refractivity (Wildman–Crippen MR) is 69.2 cm³/mol. The molecule has 1 aromatic rings. The summed E-state index contributed by atoms with van der Waals surface area (Å²) < 4.78 is 0. The van der Waals surface area contributed by atoms with Gasteiger partial charge in [0, 0.05) is 36.5 Å². The maximum absolute atomic E-state index is 11.6. The van der Waals surface area contributed by atoms with Gasteiger partial charge in [0.1, 0.15) is 0 Å². The molecule has 5 heteroatoms. The molecule has 1 aromatic carbocycles. The number of carbonyl (C=O) groups is 1. The minimum Gasteiger partial charge on any atom is -0.371 e. The number of carbonyl (C=O) groups excluding carboxylic acids is 1. The Balaban J connectivity index is 2.39. The van der Waals surface area contributed by atoms with Crippen molar-refractivity contribution in [2.24, 2.45) is 0 Å². The summed E-state index contributed by atoms with van der Waals surface area (Å²) in [4.78, 5) is 24.1. The standard InChI is InChI=1S/C13H16N2O3/c1-10(16)12-9-11(15(17)18)5-6-13(12)14-7-3-2-4-8-14/h5-6,9H,2-4,7-8H2,1H3. The van der Waals surface area contributed by atoms with Crippen LogP contribution in [0.3, 0.4) is 0 Å². The van der Waals surface area contributed by atoms with E-state index in [0.717, 1.165) is 31.6 Å². The normalized spacial score (nSPS) is 15.5. The third-order valence-corrected chi connectivity index (χ3v) is 3.27. The number of rotatable bonds is 3. The molecule has 0 bridgehead atoms. The molecule has 0 atom stereocenters. The molecule has 5 nitrogen and oxygen atoms in total. The Kier molecular flexibility index (Phi) is 3.60. The van der Waals surface area contributed by atoms with Crippen molar-refractivity contribution in [2.45, 2.75) is 26.2 Å². The second-order valence-electron chi connectivity index (χ2n) is 4.56. The largest absolute Gasteiger partial charge is 0.371 e. The number of nitro groups is 1. The summed E-state index contributed by atoms with van der Waals surface area (Å²) in [5.74, 6) is -0.126. The van der Waals surface area contributed by atoms with E-state index in [1.54, 1.807) is 6.07 Å². The molecule has 1 aliphatic heterocycles. The lowest BCUT2D eigenvalue weighted by molar-refractivity contribution is -0.384. The van der Waals surface area contributed by atoms with Gasteiger partial charge >= 0.3 is 0 Å². The molecule has 0 aliphatic carbocycles. The lowest BCUT2D eigenvalue weighted by atomic mass is 10.0. The molecule has 1 saturated heterocycles. The number of nitrogens with zero attached hydrogens (tertiary/aromatic N) is 2. The second-order valence-corrected chi connectivity index (χ2v) is 4.56. The fourth-order valence-corrected chi connectivity index (χ4v) is 2.33. The predicted octanol–water partition coefficient (Wildman–Crippen LogP) is 2.79. The molecule has 0 unspecified atom stereocenters. The minimum absolute atomic E-state index is 0.0269. The number of piperidine rings is 1. The number of ketones is 1. The van der Waals surface area contributed by atoms with Gasteiger partial charge in [0.15, 0.2) is 5.78 Å². The van der Waals surface area contributed by atoms with Crippen molar-refractivity contribution in [1.82, 2.24) is 0 Å². The van der Waals surface area contributed by atoms with E-state index in [0.29, 0.717) is 5.56 Å². The van der Waals surface area contributed by atoms with Crippen LogP contribution in [-0.4, -0.2) is 23.8 Å². The van der Waals surface area contributed by atoms with Crippen molar-refractivity contribution in [3.63, 3.8) is 0 Å². The van der Waals surface area contributed by atoms with Crippen LogP contribution in [0.1, 0.15) is 36.5 Å². The maximum Gasteiger partial charge on any atom is 0.270 e. The zero-order chi connectivity index (χ0) is 13.1. The number of non-ortho nitro benzene ring substituents is 1. The molecule has 0 aromatic heterocycles. The molecule has 0 amide bonds. The molecule has 0 N–H and O–H groups in total. The van der Waals surface area contributed by atoms with E-state index in [-0.39, 0.29) is 11.5 Å². The monoisotopic (exact) mass is 248 g/mol. The van der Waals surface area contributed by atoms with Gasteiger partial charge in [0.05, 0.1) is 4.92 Å². The van der Waals surface area contributed by atoms with Crippen molar-refractivity contribution >= 4 is 17.2 Å². The van der Waals surface area contributed by atoms with Gasteiger partial charge in [-0.25, -0.2) is 0 Å². The summed E-state index contributed by atoms with van der Waals surface area (Å²) in [6, 6.07) is 4.54. The lowest BCUT2D eigenvalue weighted by Gasteiger charge is -2.30. The number of hydrogen-bond acceptors (Lipinski definition) is 4. The highest BCUT2D eigenvalue weighted by atomic mass is 16.6. The van der Waals surface area contributed by atoms with Crippen LogP contribution in [0.15, 0.2) is 18.2 Å². The summed E-state index contributed by atoms with van der Waals surface area (Å²) in [7, 11) is 0. The highest BCUT2D eigenvalue weighted by Gasteiger charge is 2.19. The molecule has 18 heavy (non-hydrogen) atoms. The number of Topliss-reactive ketones (excluding diaryl/α,β-unsaturated/α-hetero) is 1. The minimum atomic E-state index is -0.466. The van der Waals surface area contributed by atoms with Gasteiger partial charge in [-0.15, -0.1) is 0 Å². The summed E-state index contributed by atoms with van der Waals surface area (Å²) in [5, 5.41) is 10.7. The van der Waals surface area contributed by atoms with Crippen molar-refractivity contribution in [3.8, 4) is 0 Å². The summed E-state index contributed by atoms with van der Waals surface area (Å²) in [6.45, 7) is 3.28. The molecule has 0 radical (unpaired) electrons. The van der Waals surface area contributed by atoms with Gasteiger partial charge in [-0.2, -0.15) is 0 Å². The van der Waals surface area contributed by atoms with Crippen LogP contribution < -0.4 is 4.90 Å². The van der Waals surface area contributed by atoms with E-state index in [2.05, 4.69) is 4.90 Å². The Morgan fingerprint density at radius 3 is 2.50 bits per heavy atom. The van der Waals surface area contributed by atoms with Crippen LogP contribution in [0, 0.1) is 10.1 Å². The average molecular weight is 248 g/mol. The second kappa shape index (κ2) is 5.16. The Morgan fingerprint density at radius 2 is 1.94 bits per heavy atom. The van der Waals surface area contributed by atoms with Crippen molar-refractivity contribution < 1.29 is 9.72 Å². The molecule has 2 rings (SSSR count). The molecular weight excluding hydrogens is 232 g/mol. The van der Waals surface area contributed by atoms with Gasteiger partial charge in [0.25, 0.3) is 5.69 Å². The number of hydrogen-bond donors (Lipinski definition) is 0. The summed E-state index contributed by atoms with van der Waals surface area (Å²) in [6.07, 6.45) is 3.42. The van der Waals surface area contributed by atoms with Crippen molar-refractivity contribution in [3.05, 3.63) is 33.9 Å². The molecular formula is C13H16N2O3. The van der Waals surface area contributed by atoms with E-state index < -0.39 is 4.92 Å². The molecule has 0 spiro atoms. The first kappa shape index (κ1) is 12.5. The topological polar surface area (TPSA) is 63.4 Å². The maximum atomic E-state index is 11.6. The van der Waals surface area contributed by atoms with Crippen LogP contribution in [0.5, 0.6) is 0 Å². The summed E-state index contributed by atoms with van der Waals surface area (Å²) >= 11 is 0. The first-order valence-electron chi connectivity index (χ1n) is 6.14. The first-order valence-corrected chi connectivity index (χ1v) is 6.14. The molecule has 1 heterocycles. The smallest absolute Gasteiger partial charge is 0.270 e. The SMILES string of the molecule is CC(=O)c1cc([N+](=O)[O-])ccc1N1CCCCC1. The first-order chi connectivity index (χ1) is 8.59. The molecule has 1 fully saturated rings. The van der Waals surface area contributed by atoms with Crippen LogP contribution >= 0.6 is 0 Å². The van der Waals surface area contributed by atoms with E-state index in [9.17, 15) is 14.9 Å². The highest BCUT2D eigenvalue weighted by Crippen LogP contribution is 2.28. The van der Waals surface area contributed by atoms with Crippen molar-refractivity contribution in [1.29, 1.82) is 0 Å². The lowest BCUT2D eigenvalue weighted by Crippen LogP contribution is -2.30. The number of anilines is 1. The van der Waals surface area contributed by atoms with Crippen LogP contribution in [0.25, 0.3) is 0 Å². The zero-order valence-corrected chi connectivity index (χ0v) is 10.4. The fraction of sp³-hybridized carbons (Fsp3) is 0.462. The van der Waals surface area contributed by atoms with Gasteiger partial charge < -0.3 is 4.90 Å². The van der Waals surface area contributed by atoms with Crippen LogP contribution in [0.4, 0.5) is 11.4 Å². The van der Waals surface area contributed by atoms with Gasteiger partial charge in [-0.1, -0.05) is 0 Å². The number of nitro benzene ring substituents is 1. The third kappa shape index (κ3) is 2.50. The third-order valence-electron chi connectivity index (χ3n) is 3.27. The fourth-order valence-electron chi connectivity index (χ4n) is 2.33. The molecule has 0 saturated carbocycles. The van der Waals surface area contributed by atoms with Crippen LogP contribution in [0.2, 0.25) is 0 Å². The van der Waals surface area contributed by atoms with Gasteiger partial charge in [-0.3, -0.25) is 14.9 Å². The Morgan fingerprint density at radius 1 is 1.28 bits per heavy atom. The Hall–Kier alpha value is -1.91. The summed E-state index contributed by atoms with van der Waals surface area (Å²) in [5.41, 5.74) is 1.25. The van der Waals surface area contributed by atoms with E-state index in [1.165, 1.54) is 25.5 Å². The molecule has 1 aliphatic rings.